The summed E-state index contributed by atoms with van der Waals surface area (Å²) in [6, 6.07) is -0.121. The van der Waals surface area contributed by atoms with Gasteiger partial charge >= 0.3 is 0 Å². The lowest BCUT2D eigenvalue weighted by atomic mass is 9.44. The predicted molar refractivity (Wildman–Crippen MR) is 90.5 cm³/mol. The van der Waals surface area contributed by atoms with Crippen LogP contribution in [0.4, 0.5) is 0 Å². The molecule has 6 N–H and O–H groups in total. The van der Waals surface area contributed by atoms with E-state index in [0.29, 0.717) is 23.7 Å². The van der Waals surface area contributed by atoms with Crippen LogP contribution in [0.5, 0.6) is 0 Å². The van der Waals surface area contributed by atoms with Crippen LogP contribution in [0.3, 0.4) is 0 Å². The number of aliphatic hydroxyl groups excluding tert-OH is 2. The smallest absolute Gasteiger partial charge is 0.0747 e. The summed E-state index contributed by atoms with van der Waals surface area (Å²) in [6.45, 7) is 4.71. The van der Waals surface area contributed by atoms with E-state index in [1.807, 2.05) is 0 Å². The summed E-state index contributed by atoms with van der Waals surface area (Å²) in [5.41, 5.74) is 12.8. The first kappa shape index (κ1) is 16.3. The summed E-state index contributed by atoms with van der Waals surface area (Å²) in [5, 5.41) is 20.9. The molecule has 4 aliphatic rings. The van der Waals surface area contributed by atoms with Crippen LogP contribution in [0, 0.1) is 34.5 Å². The van der Waals surface area contributed by atoms with Crippen LogP contribution in [-0.4, -0.2) is 34.5 Å². The Labute approximate surface area is 140 Å². The molecule has 10 atom stereocenters. The lowest BCUT2D eigenvalue weighted by Gasteiger charge is -2.61. The molecule has 4 rings (SSSR count). The molecule has 4 aliphatic carbocycles. The first-order valence-corrected chi connectivity index (χ1v) is 9.64. The zero-order valence-electron chi connectivity index (χ0n) is 14.6. The zero-order valence-corrected chi connectivity index (χ0v) is 14.6. The van der Waals surface area contributed by atoms with Crippen molar-refractivity contribution in [3.63, 3.8) is 0 Å². The van der Waals surface area contributed by atoms with E-state index in [1.165, 1.54) is 19.3 Å². The molecule has 0 aromatic heterocycles. The molecular weight excluding hydrogens is 288 g/mol. The van der Waals surface area contributed by atoms with Crippen molar-refractivity contribution in [3.05, 3.63) is 0 Å². The molecule has 4 saturated carbocycles. The number of aliphatic hydroxyl groups is 2. The summed E-state index contributed by atoms with van der Waals surface area (Å²) >= 11 is 0. The highest BCUT2D eigenvalue weighted by Gasteiger charge is 2.62. The van der Waals surface area contributed by atoms with E-state index in [4.69, 9.17) is 11.5 Å². The van der Waals surface area contributed by atoms with E-state index in [9.17, 15) is 10.2 Å². The maximum Gasteiger partial charge on any atom is 0.0747 e. The fourth-order valence-corrected chi connectivity index (χ4v) is 7.42. The van der Waals surface area contributed by atoms with Crippen LogP contribution >= 0.6 is 0 Å². The highest BCUT2D eigenvalue weighted by molar-refractivity contribution is 5.12. The fourth-order valence-electron chi connectivity index (χ4n) is 7.42. The molecule has 4 fully saturated rings. The number of fused-ring (bicyclic) bond motifs is 5. The van der Waals surface area contributed by atoms with Crippen molar-refractivity contribution in [2.45, 2.75) is 83.1 Å². The molecule has 5 unspecified atom stereocenters. The lowest BCUT2D eigenvalue weighted by molar-refractivity contribution is -0.138. The highest BCUT2D eigenvalue weighted by atomic mass is 16.3. The molecule has 0 aliphatic heterocycles. The first-order chi connectivity index (χ1) is 10.8. The molecule has 0 aromatic carbocycles. The monoisotopic (exact) mass is 322 g/mol. The molecule has 4 heteroatoms. The van der Waals surface area contributed by atoms with Gasteiger partial charge in [0.05, 0.1) is 12.2 Å². The molecule has 4 nitrogen and oxygen atoms in total. The second-order valence-electron chi connectivity index (χ2n) is 9.72. The molecule has 132 valence electrons. The molecule has 0 heterocycles. The summed E-state index contributed by atoms with van der Waals surface area (Å²) in [7, 11) is 0. The van der Waals surface area contributed by atoms with Gasteiger partial charge in [-0.2, -0.15) is 0 Å². The largest absolute Gasteiger partial charge is 0.392 e. The van der Waals surface area contributed by atoms with Crippen LogP contribution in [-0.2, 0) is 0 Å². The maximum atomic E-state index is 10.6. The minimum absolute atomic E-state index is 0.0140. The van der Waals surface area contributed by atoms with Crippen molar-refractivity contribution in [1.29, 1.82) is 0 Å². The number of hydrogen-bond acceptors (Lipinski definition) is 4. The zero-order chi connectivity index (χ0) is 16.6. The van der Waals surface area contributed by atoms with Gasteiger partial charge in [-0.05, 0) is 79.4 Å². The molecular formula is C19H34N2O2. The van der Waals surface area contributed by atoms with Crippen molar-refractivity contribution in [2.24, 2.45) is 46.0 Å². The van der Waals surface area contributed by atoms with E-state index in [0.717, 1.165) is 25.7 Å². The van der Waals surface area contributed by atoms with Crippen LogP contribution in [0.25, 0.3) is 0 Å². The lowest BCUT2D eigenvalue weighted by Crippen LogP contribution is -2.58. The van der Waals surface area contributed by atoms with E-state index >= 15 is 0 Å². The Morgan fingerprint density at radius 1 is 0.870 bits per heavy atom. The third-order valence-corrected chi connectivity index (χ3v) is 8.81. The van der Waals surface area contributed by atoms with Gasteiger partial charge < -0.3 is 21.7 Å². The average molecular weight is 322 g/mol. The summed E-state index contributed by atoms with van der Waals surface area (Å²) in [5.74, 6) is 2.55. The van der Waals surface area contributed by atoms with Gasteiger partial charge in [-0.25, -0.2) is 0 Å². The van der Waals surface area contributed by atoms with Gasteiger partial charge in [-0.3, -0.25) is 0 Å². The molecule has 0 radical (unpaired) electrons. The molecule has 0 bridgehead atoms. The second-order valence-corrected chi connectivity index (χ2v) is 9.72. The van der Waals surface area contributed by atoms with E-state index < -0.39 is 0 Å². The van der Waals surface area contributed by atoms with E-state index in [-0.39, 0.29) is 35.1 Å². The Bertz CT molecular complexity index is 486. The quantitative estimate of drug-likeness (QED) is 0.545. The van der Waals surface area contributed by atoms with E-state index in [2.05, 4.69) is 13.8 Å². The fraction of sp³-hybridized carbons (Fsp3) is 1.00. The Morgan fingerprint density at radius 3 is 2.35 bits per heavy atom. The third kappa shape index (κ3) is 2.11. The molecule has 0 spiro atoms. The van der Waals surface area contributed by atoms with Crippen LogP contribution in [0.2, 0.25) is 0 Å². The average Bonchev–Trinajstić information content (AvgIpc) is 2.73. The van der Waals surface area contributed by atoms with E-state index in [1.54, 1.807) is 0 Å². The minimum atomic E-state index is -0.339. The molecule has 0 saturated heterocycles. The molecule has 23 heavy (non-hydrogen) atoms. The molecule has 0 aromatic rings. The van der Waals surface area contributed by atoms with Gasteiger partial charge in [0.1, 0.15) is 0 Å². The first-order valence-electron chi connectivity index (χ1n) is 9.64. The Hall–Kier alpha value is -0.160. The van der Waals surface area contributed by atoms with Crippen molar-refractivity contribution >= 4 is 0 Å². The van der Waals surface area contributed by atoms with Crippen LogP contribution in [0.1, 0.15) is 58.8 Å². The Kier molecular flexibility index (Phi) is 3.67. The van der Waals surface area contributed by atoms with Gasteiger partial charge in [0, 0.05) is 12.1 Å². The topological polar surface area (TPSA) is 92.5 Å². The number of rotatable bonds is 0. The number of hydrogen-bond donors (Lipinski definition) is 4. The summed E-state index contributed by atoms with van der Waals surface area (Å²) in [4.78, 5) is 0. The Morgan fingerprint density at radius 2 is 1.61 bits per heavy atom. The molecule has 0 amide bonds. The SMILES string of the molecule is C[C@]12CC(N)C(O)CC1CC[C@@H]1[C@H]2CC[C@]2(C)C(O)C(N)C[C@@H]12. The third-order valence-electron chi connectivity index (χ3n) is 8.81. The van der Waals surface area contributed by atoms with Gasteiger partial charge in [-0.15, -0.1) is 0 Å². The van der Waals surface area contributed by atoms with Crippen LogP contribution < -0.4 is 11.5 Å². The summed E-state index contributed by atoms with van der Waals surface area (Å²) < 4.78 is 0. The van der Waals surface area contributed by atoms with Gasteiger partial charge in [0.25, 0.3) is 0 Å². The van der Waals surface area contributed by atoms with Crippen molar-refractivity contribution in [2.75, 3.05) is 0 Å². The van der Waals surface area contributed by atoms with Crippen molar-refractivity contribution in [3.8, 4) is 0 Å². The van der Waals surface area contributed by atoms with Crippen molar-refractivity contribution < 1.29 is 10.2 Å². The van der Waals surface area contributed by atoms with Gasteiger partial charge in [-0.1, -0.05) is 13.8 Å². The maximum absolute atomic E-state index is 10.6. The van der Waals surface area contributed by atoms with Crippen LogP contribution in [0.15, 0.2) is 0 Å². The second kappa shape index (κ2) is 5.17. The standard InChI is InChI=1S/C19H34N2O2/c1-18-6-5-12-11(13(18)8-14(20)17(18)23)4-3-10-7-16(22)15(21)9-19(10,12)2/h10-17,22-23H,3-9,20-21H2,1-2H3/t10?,11-,12-,13+,14?,15?,16?,17?,18+,19+/m1/s1. The Balaban J connectivity index is 1.64. The highest BCUT2D eigenvalue weighted by Crippen LogP contribution is 2.65. The predicted octanol–water partition coefficient (Wildman–Crippen LogP) is 1.63. The number of nitrogens with two attached hydrogens (primary N) is 2. The van der Waals surface area contributed by atoms with Crippen molar-refractivity contribution in [1.82, 2.24) is 0 Å². The van der Waals surface area contributed by atoms with Gasteiger partial charge in [0.15, 0.2) is 0 Å². The minimum Gasteiger partial charge on any atom is -0.392 e. The summed E-state index contributed by atoms with van der Waals surface area (Å²) in [6.07, 6.45) is 6.89. The normalized spacial score (nSPS) is 62.3. The van der Waals surface area contributed by atoms with Gasteiger partial charge in [0.2, 0.25) is 0 Å².